The number of aryl methyl sites for hydroxylation is 1. The predicted octanol–water partition coefficient (Wildman–Crippen LogP) is 1.72. The maximum absolute atomic E-state index is 11.1. The van der Waals surface area contributed by atoms with E-state index in [2.05, 4.69) is 11.4 Å². The maximum atomic E-state index is 11.1. The van der Waals surface area contributed by atoms with Crippen molar-refractivity contribution < 1.29 is 4.79 Å². The number of primary amides is 1. The van der Waals surface area contributed by atoms with Crippen molar-refractivity contribution in [3.05, 3.63) is 35.4 Å². The minimum absolute atomic E-state index is 0.339. The van der Waals surface area contributed by atoms with Crippen LogP contribution < -0.4 is 11.1 Å². The van der Waals surface area contributed by atoms with Crippen LogP contribution in [0.3, 0.4) is 0 Å². The SMILES string of the molecule is NC(=O)c1cccc(CCC2CCNCC2)c1. The summed E-state index contributed by atoms with van der Waals surface area (Å²) in [5.41, 5.74) is 7.11. The molecule has 92 valence electrons. The molecule has 3 N–H and O–H groups in total. The van der Waals surface area contributed by atoms with E-state index in [9.17, 15) is 4.79 Å². The molecule has 1 aromatic rings. The number of hydrogen-bond donors (Lipinski definition) is 2. The van der Waals surface area contributed by atoms with Gasteiger partial charge in [0, 0.05) is 5.56 Å². The van der Waals surface area contributed by atoms with Gasteiger partial charge < -0.3 is 11.1 Å². The van der Waals surface area contributed by atoms with E-state index in [-0.39, 0.29) is 5.91 Å². The lowest BCUT2D eigenvalue weighted by Crippen LogP contribution is -2.27. The number of benzene rings is 1. The molecule has 2 rings (SSSR count). The highest BCUT2D eigenvalue weighted by molar-refractivity contribution is 5.92. The number of hydrogen-bond acceptors (Lipinski definition) is 2. The lowest BCUT2D eigenvalue weighted by molar-refractivity contribution is 0.1000. The molecule has 0 radical (unpaired) electrons. The van der Waals surface area contributed by atoms with Crippen molar-refractivity contribution in [2.24, 2.45) is 11.7 Å². The van der Waals surface area contributed by atoms with Crippen LogP contribution in [0.1, 0.15) is 35.2 Å². The van der Waals surface area contributed by atoms with Crippen LogP contribution in [0, 0.1) is 5.92 Å². The van der Waals surface area contributed by atoms with Crippen molar-refractivity contribution in [3.63, 3.8) is 0 Å². The fraction of sp³-hybridized carbons (Fsp3) is 0.500. The molecule has 0 unspecified atom stereocenters. The summed E-state index contributed by atoms with van der Waals surface area (Å²) in [5, 5.41) is 3.38. The molecule has 1 saturated heterocycles. The van der Waals surface area contributed by atoms with Crippen LogP contribution >= 0.6 is 0 Å². The Morgan fingerprint density at radius 1 is 1.35 bits per heavy atom. The molecule has 1 aliphatic rings. The predicted molar refractivity (Wildman–Crippen MR) is 68.9 cm³/mol. The Balaban J connectivity index is 1.89. The third kappa shape index (κ3) is 3.56. The topological polar surface area (TPSA) is 55.1 Å². The van der Waals surface area contributed by atoms with Crippen molar-refractivity contribution in [1.29, 1.82) is 0 Å². The zero-order valence-corrected chi connectivity index (χ0v) is 10.1. The highest BCUT2D eigenvalue weighted by Crippen LogP contribution is 2.19. The van der Waals surface area contributed by atoms with Gasteiger partial charge in [0.05, 0.1) is 0 Å². The van der Waals surface area contributed by atoms with Crippen molar-refractivity contribution >= 4 is 5.91 Å². The minimum Gasteiger partial charge on any atom is -0.366 e. The van der Waals surface area contributed by atoms with Crippen LogP contribution in [0.2, 0.25) is 0 Å². The second-order valence-electron chi connectivity index (χ2n) is 4.80. The maximum Gasteiger partial charge on any atom is 0.248 e. The highest BCUT2D eigenvalue weighted by Gasteiger charge is 2.12. The second kappa shape index (κ2) is 5.82. The Kier molecular flexibility index (Phi) is 4.15. The molecule has 0 spiro atoms. The first kappa shape index (κ1) is 12.1. The number of carbonyl (C=O) groups excluding carboxylic acids is 1. The van der Waals surface area contributed by atoms with Gasteiger partial charge in [0.1, 0.15) is 0 Å². The van der Waals surface area contributed by atoms with Gasteiger partial charge in [-0.2, -0.15) is 0 Å². The summed E-state index contributed by atoms with van der Waals surface area (Å²) in [5.74, 6) is 0.488. The monoisotopic (exact) mass is 232 g/mol. The first-order valence-electron chi connectivity index (χ1n) is 6.35. The molecule has 3 heteroatoms. The number of piperidine rings is 1. The van der Waals surface area contributed by atoms with Crippen LogP contribution in [0.5, 0.6) is 0 Å². The van der Waals surface area contributed by atoms with E-state index < -0.39 is 0 Å². The highest BCUT2D eigenvalue weighted by atomic mass is 16.1. The summed E-state index contributed by atoms with van der Waals surface area (Å²) in [7, 11) is 0. The molecular formula is C14H20N2O. The summed E-state index contributed by atoms with van der Waals surface area (Å²) in [6, 6.07) is 7.69. The van der Waals surface area contributed by atoms with E-state index >= 15 is 0 Å². The van der Waals surface area contributed by atoms with E-state index in [0.717, 1.165) is 25.4 Å². The minimum atomic E-state index is -0.339. The number of carbonyl (C=O) groups is 1. The largest absolute Gasteiger partial charge is 0.366 e. The van der Waals surface area contributed by atoms with E-state index in [4.69, 9.17) is 5.73 Å². The van der Waals surface area contributed by atoms with Crippen LogP contribution in [0.15, 0.2) is 24.3 Å². The standard InChI is InChI=1S/C14H20N2O/c15-14(17)13-3-1-2-12(10-13)5-4-11-6-8-16-9-7-11/h1-3,10-11,16H,4-9H2,(H2,15,17). The molecule has 1 heterocycles. The van der Waals surface area contributed by atoms with Crippen molar-refractivity contribution in [3.8, 4) is 0 Å². The quantitative estimate of drug-likeness (QED) is 0.830. The summed E-state index contributed by atoms with van der Waals surface area (Å²) < 4.78 is 0. The van der Waals surface area contributed by atoms with Crippen molar-refractivity contribution in [2.45, 2.75) is 25.7 Å². The fourth-order valence-electron chi connectivity index (χ4n) is 2.42. The van der Waals surface area contributed by atoms with E-state index in [0.29, 0.717) is 5.56 Å². The molecule has 1 aromatic carbocycles. The first-order chi connectivity index (χ1) is 8.25. The van der Waals surface area contributed by atoms with E-state index in [1.165, 1.54) is 24.8 Å². The summed E-state index contributed by atoms with van der Waals surface area (Å²) in [6.45, 7) is 2.29. The Bertz CT molecular complexity index is 384. The lowest BCUT2D eigenvalue weighted by Gasteiger charge is -2.22. The molecule has 0 atom stereocenters. The molecule has 0 saturated carbocycles. The molecule has 0 aliphatic carbocycles. The average molecular weight is 232 g/mol. The third-order valence-corrected chi connectivity index (χ3v) is 3.51. The van der Waals surface area contributed by atoms with Gasteiger partial charge in [-0.1, -0.05) is 12.1 Å². The van der Waals surface area contributed by atoms with E-state index in [1.54, 1.807) is 6.07 Å². The van der Waals surface area contributed by atoms with Crippen LogP contribution in [-0.2, 0) is 6.42 Å². The molecular weight excluding hydrogens is 212 g/mol. The second-order valence-corrected chi connectivity index (χ2v) is 4.80. The number of nitrogens with two attached hydrogens (primary N) is 1. The van der Waals surface area contributed by atoms with Crippen molar-refractivity contribution in [1.82, 2.24) is 5.32 Å². The molecule has 0 aromatic heterocycles. The van der Waals surface area contributed by atoms with Gasteiger partial charge >= 0.3 is 0 Å². The Hall–Kier alpha value is -1.35. The van der Waals surface area contributed by atoms with Gasteiger partial charge in [0.2, 0.25) is 5.91 Å². The van der Waals surface area contributed by atoms with Gasteiger partial charge in [-0.25, -0.2) is 0 Å². The summed E-state index contributed by atoms with van der Waals surface area (Å²) >= 11 is 0. The smallest absolute Gasteiger partial charge is 0.248 e. The number of amides is 1. The molecule has 0 bridgehead atoms. The van der Waals surface area contributed by atoms with Crippen LogP contribution in [-0.4, -0.2) is 19.0 Å². The van der Waals surface area contributed by atoms with Gasteiger partial charge in [0.15, 0.2) is 0 Å². The fourth-order valence-corrected chi connectivity index (χ4v) is 2.42. The van der Waals surface area contributed by atoms with E-state index in [1.807, 2.05) is 12.1 Å². The van der Waals surface area contributed by atoms with Gasteiger partial charge in [0.25, 0.3) is 0 Å². The Morgan fingerprint density at radius 2 is 2.12 bits per heavy atom. The molecule has 1 amide bonds. The average Bonchev–Trinajstić information content (AvgIpc) is 2.38. The van der Waals surface area contributed by atoms with Crippen molar-refractivity contribution in [2.75, 3.05) is 13.1 Å². The first-order valence-corrected chi connectivity index (χ1v) is 6.35. The van der Waals surface area contributed by atoms with Crippen LogP contribution in [0.25, 0.3) is 0 Å². The normalized spacial score (nSPS) is 16.9. The van der Waals surface area contributed by atoms with Gasteiger partial charge in [-0.3, -0.25) is 4.79 Å². The molecule has 17 heavy (non-hydrogen) atoms. The van der Waals surface area contributed by atoms with Gasteiger partial charge in [-0.05, 0) is 62.4 Å². The lowest BCUT2D eigenvalue weighted by atomic mass is 9.91. The summed E-state index contributed by atoms with van der Waals surface area (Å²) in [4.78, 5) is 11.1. The van der Waals surface area contributed by atoms with Gasteiger partial charge in [-0.15, -0.1) is 0 Å². The van der Waals surface area contributed by atoms with Crippen LogP contribution in [0.4, 0.5) is 0 Å². The zero-order valence-electron chi connectivity index (χ0n) is 10.1. The number of nitrogens with one attached hydrogen (secondary N) is 1. The molecule has 3 nitrogen and oxygen atoms in total. The Labute approximate surface area is 102 Å². The molecule has 1 fully saturated rings. The summed E-state index contributed by atoms with van der Waals surface area (Å²) in [6.07, 6.45) is 4.81. The Morgan fingerprint density at radius 3 is 2.82 bits per heavy atom. The third-order valence-electron chi connectivity index (χ3n) is 3.51. The zero-order chi connectivity index (χ0) is 12.1. The molecule has 1 aliphatic heterocycles. The number of rotatable bonds is 4.